The molecule has 1 aliphatic carbocycles. The Bertz CT molecular complexity index is 944. The number of rotatable bonds is 2. The Hall–Kier alpha value is -3.02. The number of amides is 1. The molecule has 0 radical (unpaired) electrons. The number of aryl methyl sites for hydroxylation is 3. The van der Waals surface area contributed by atoms with Gasteiger partial charge in [-0.05, 0) is 43.5 Å². The number of nitrogens with zero attached hydrogens (tertiary/aromatic N) is 4. The maximum Gasteiger partial charge on any atom is 0.275 e. The van der Waals surface area contributed by atoms with Crippen molar-refractivity contribution < 1.29 is 4.79 Å². The fraction of sp³-hybridized carbons (Fsp3) is 0.222. The molecule has 3 aromatic rings. The van der Waals surface area contributed by atoms with Gasteiger partial charge in [0.05, 0.1) is 11.4 Å². The van der Waals surface area contributed by atoms with Gasteiger partial charge in [0, 0.05) is 24.5 Å². The predicted molar refractivity (Wildman–Crippen MR) is 90.8 cm³/mol. The minimum atomic E-state index is -0.244. The summed E-state index contributed by atoms with van der Waals surface area (Å²) in [6.45, 7) is 1.86. The molecule has 0 bridgehead atoms. The van der Waals surface area contributed by atoms with E-state index in [9.17, 15) is 4.79 Å². The Morgan fingerprint density at radius 1 is 1.21 bits per heavy atom. The second-order valence-corrected chi connectivity index (χ2v) is 5.93. The molecule has 6 nitrogen and oxygen atoms in total. The van der Waals surface area contributed by atoms with Crippen LogP contribution in [0, 0.1) is 6.92 Å². The SMILES string of the molecule is Cc1cccc(C(=O)Nc2nn(C)c3c2CCc2cccnc2-3)n1. The zero-order valence-corrected chi connectivity index (χ0v) is 13.6. The van der Waals surface area contributed by atoms with Crippen LogP contribution in [0.2, 0.25) is 0 Å². The molecule has 0 unspecified atom stereocenters. The molecule has 0 spiro atoms. The third-order valence-corrected chi connectivity index (χ3v) is 4.26. The molecule has 3 heterocycles. The van der Waals surface area contributed by atoms with Crippen molar-refractivity contribution in [3.05, 3.63) is 59.0 Å². The van der Waals surface area contributed by atoms with Crippen molar-refractivity contribution in [2.45, 2.75) is 19.8 Å². The van der Waals surface area contributed by atoms with Crippen LogP contribution in [0.5, 0.6) is 0 Å². The van der Waals surface area contributed by atoms with Gasteiger partial charge in [-0.25, -0.2) is 4.98 Å². The molecule has 1 N–H and O–H groups in total. The molecule has 0 aliphatic heterocycles. The van der Waals surface area contributed by atoms with Crippen molar-refractivity contribution >= 4 is 11.7 Å². The Morgan fingerprint density at radius 2 is 2.08 bits per heavy atom. The number of hydrogen-bond donors (Lipinski definition) is 1. The molecule has 120 valence electrons. The molecule has 1 aliphatic rings. The van der Waals surface area contributed by atoms with Gasteiger partial charge in [-0.15, -0.1) is 0 Å². The number of anilines is 1. The number of aromatic nitrogens is 4. The number of fused-ring (bicyclic) bond motifs is 3. The van der Waals surface area contributed by atoms with Crippen LogP contribution >= 0.6 is 0 Å². The molecule has 0 saturated heterocycles. The molecule has 1 amide bonds. The number of pyridine rings is 2. The van der Waals surface area contributed by atoms with E-state index in [0.29, 0.717) is 11.5 Å². The van der Waals surface area contributed by atoms with Gasteiger partial charge in [-0.3, -0.25) is 14.5 Å². The van der Waals surface area contributed by atoms with Crippen LogP contribution in [0.1, 0.15) is 27.3 Å². The van der Waals surface area contributed by atoms with E-state index in [4.69, 9.17) is 0 Å². The lowest BCUT2D eigenvalue weighted by Gasteiger charge is -2.16. The van der Waals surface area contributed by atoms with E-state index in [1.54, 1.807) is 16.9 Å². The topological polar surface area (TPSA) is 72.7 Å². The Morgan fingerprint density at radius 3 is 2.92 bits per heavy atom. The summed E-state index contributed by atoms with van der Waals surface area (Å²) in [5, 5.41) is 7.40. The maximum atomic E-state index is 12.5. The molecule has 0 saturated carbocycles. The number of carbonyl (C=O) groups excluding carboxylic acids is 1. The summed E-state index contributed by atoms with van der Waals surface area (Å²) in [7, 11) is 1.88. The number of hydrogen-bond acceptors (Lipinski definition) is 4. The maximum absolute atomic E-state index is 12.5. The Kier molecular flexibility index (Phi) is 3.37. The van der Waals surface area contributed by atoms with Crippen molar-refractivity contribution in [2.75, 3.05) is 5.32 Å². The summed E-state index contributed by atoms with van der Waals surface area (Å²) in [6.07, 6.45) is 3.52. The standard InChI is InChI=1S/C18H17N5O/c1-11-5-3-7-14(20-11)18(24)21-17-13-9-8-12-6-4-10-19-15(12)16(13)23(2)22-17/h3-7,10H,8-9H2,1-2H3,(H,21,22,24). The van der Waals surface area contributed by atoms with E-state index in [-0.39, 0.29) is 5.91 Å². The van der Waals surface area contributed by atoms with Crippen LogP contribution in [-0.2, 0) is 19.9 Å². The summed E-state index contributed by atoms with van der Waals surface area (Å²) in [6, 6.07) is 9.43. The second-order valence-electron chi connectivity index (χ2n) is 5.93. The van der Waals surface area contributed by atoms with Crippen molar-refractivity contribution in [2.24, 2.45) is 7.05 Å². The molecule has 0 fully saturated rings. The summed E-state index contributed by atoms with van der Waals surface area (Å²) in [5.41, 5.74) is 5.37. The molecule has 24 heavy (non-hydrogen) atoms. The van der Waals surface area contributed by atoms with E-state index in [1.165, 1.54) is 5.56 Å². The van der Waals surface area contributed by atoms with E-state index in [0.717, 1.165) is 35.5 Å². The van der Waals surface area contributed by atoms with Gasteiger partial charge in [-0.1, -0.05) is 12.1 Å². The Balaban J connectivity index is 1.71. The largest absolute Gasteiger partial charge is 0.303 e. The first kappa shape index (κ1) is 14.6. The highest BCUT2D eigenvalue weighted by Crippen LogP contribution is 2.35. The van der Waals surface area contributed by atoms with Crippen molar-refractivity contribution in [1.82, 2.24) is 19.7 Å². The number of nitrogens with one attached hydrogen (secondary N) is 1. The van der Waals surface area contributed by atoms with E-state index in [1.807, 2.05) is 32.2 Å². The Labute approximate surface area is 139 Å². The van der Waals surface area contributed by atoms with Crippen LogP contribution in [-0.4, -0.2) is 25.7 Å². The minimum absolute atomic E-state index is 0.244. The predicted octanol–water partition coefficient (Wildman–Crippen LogP) is 2.54. The van der Waals surface area contributed by atoms with E-state index in [2.05, 4.69) is 26.4 Å². The fourth-order valence-corrected chi connectivity index (χ4v) is 3.16. The quantitative estimate of drug-likeness (QED) is 0.788. The van der Waals surface area contributed by atoms with E-state index >= 15 is 0 Å². The van der Waals surface area contributed by atoms with Gasteiger partial charge in [0.1, 0.15) is 5.69 Å². The van der Waals surface area contributed by atoms with Crippen LogP contribution in [0.15, 0.2) is 36.5 Å². The molecular weight excluding hydrogens is 302 g/mol. The normalized spacial score (nSPS) is 12.4. The summed E-state index contributed by atoms with van der Waals surface area (Å²) in [5.74, 6) is 0.350. The lowest BCUT2D eigenvalue weighted by Crippen LogP contribution is -2.16. The second kappa shape index (κ2) is 5.56. The van der Waals surface area contributed by atoms with Crippen LogP contribution in [0.25, 0.3) is 11.4 Å². The first-order valence-electron chi connectivity index (χ1n) is 7.88. The summed E-state index contributed by atoms with van der Waals surface area (Å²) >= 11 is 0. The first-order valence-corrected chi connectivity index (χ1v) is 7.88. The average Bonchev–Trinajstić information content (AvgIpc) is 2.91. The lowest BCUT2D eigenvalue weighted by molar-refractivity contribution is 0.102. The summed E-state index contributed by atoms with van der Waals surface area (Å²) in [4.78, 5) is 21.2. The van der Waals surface area contributed by atoms with Crippen LogP contribution in [0.3, 0.4) is 0 Å². The molecular formula is C18H17N5O. The molecule has 6 heteroatoms. The van der Waals surface area contributed by atoms with Gasteiger partial charge in [0.2, 0.25) is 0 Å². The smallest absolute Gasteiger partial charge is 0.275 e. The van der Waals surface area contributed by atoms with Gasteiger partial charge in [-0.2, -0.15) is 5.10 Å². The molecule has 3 aromatic heterocycles. The summed E-state index contributed by atoms with van der Waals surface area (Å²) < 4.78 is 1.79. The van der Waals surface area contributed by atoms with Crippen molar-refractivity contribution in [3.63, 3.8) is 0 Å². The lowest BCUT2D eigenvalue weighted by atomic mass is 9.93. The van der Waals surface area contributed by atoms with Crippen molar-refractivity contribution in [1.29, 1.82) is 0 Å². The number of carbonyl (C=O) groups is 1. The highest BCUT2D eigenvalue weighted by Gasteiger charge is 2.26. The first-order chi connectivity index (χ1) is 11.6. The van der Waals surface area contributed by atoms with Crippen LogP contribution < -0.4 is 5.32 Å². The highest BCUT2D eigenvalue weighted by atomic mass is 16.2. The third kappa shape index (κ3) is 2.36. The van der Waals surface area contributed by atoms with Gasteiger partial charge in [0.15, 0.2) is 5.82 Å². The minimum Gasteiger partial charge on any atom is -0.303 e. The van der Waals surface area contributed by atoms with Gasteiger partial charge >= 0.3 is 0 Å². The third-order valence-electron chi connectivity index (χ3n) is 4.26. The molecule has 0 aromatic carbocycles. The monoisotopic (exact) mass is 319 g/mol. The van der Waals surface area contributed by atoms with Crippen LogP contribution in [0.4, 0.5) is 5.82 Å². The zero-order valence-electron chi connectivity index (χ0n) is 13.6. The highest BCUT2D eigenvalue weighted by molar-refractivity contribution is 6.03. The van der Waals surface area contributed by atoms with E-state index < -0.39 is 0 Å². The average molecular weight is 319 g/mol. The van der Waals surface area contributed by atoms with Crippen molar-refractivity contribution in [3.8, 4) is 11.4 Å². The molecule has 0 atom stereocenters. The fourth-order valence-electron chi connectivity index (χ4n) is 3.16. The van der Waals surface area contributed by atoms with Gasteiger partial charge < -0.3 is 5.32 Å². The van der Waals surface area contributed by atoms with Gasteiger partial charge in [0.25, 0.3) is 5.91 Å². The molecule has 4 rings (SSSR count). The zero-order chi connectivity index (χ0) is 16.7.